The van der Waals surface area contributed by atoms with Gasteiger partial charge in [0.1, 0.15) is 5.01 Å². The van der Waals surface area contributed by atoms with E-state index in [1.807, 2.05) is 35.2 Å². The maximum Gasteiger partial charge on any atom is 0.225 e. The van der Waals surface area contributed by atoms with E-state index >= 15 is 0 Å². The average molecular weight is 428 g/mol. The summed E-state index contributed by atoms with van der Waals surface area (Å²) >= 11 is 7.64. The lowest BCUT2D eigenvalue weighted by Gasteiger charge is -2.26. The van der Waals surface area contributed by atoms with Crippen molar-refractivity contribution in [3.63, 3.8) is 0 Å². The van der Waals surface area contributed by atoms with Crippen molar-refractivity contribution in [2.75, 3.05) is 6.54 Å². The van der Waals surface area contributed by atoms with Crippen molar-refractivity contribution < 1.29 is 9.59 Å². The van der Waals surface area contributed by atoms with Crippen molar-refractivity contribution >= 4 is 45.0 Å². The Hall–Kier alpha value is -2.44. The van der Waals surface area contributed by atoms with Gasteiger partial charge in [-0.05, 0) is 42.7 Å². The number of benzene rings is 2. The van der Waals surface area contributed by atoms with Crippen LogP contribution >= 0.6 is 22.9 Å². The molecular formula is C22H22ClN3O2S. The maximum atomic E-state index is 13.2. The Morgan fingerprint density at radius 3 is 2.72 bits per heavy atom. The second-order valence-electron chi connectivity index (χ2n) is 7.27. The molecule has 1 aliphatic heterocycles. The van der Waals surface area contributed by atoms with E-state index in [2.05, 4.69) is 11.4 Å². The van der Waals surface area contributed by atoms with Gasteiger partial charge in [-0.2, -0.15) is 0 Å². The fourth-order valence-electron chi connectivity index (χ4n) is 3.84. The lowest BCUT2D eigenvalue weighted by Crippen LogP contribution is -2.35. The minimum Gasteiger partial charge on any atom is -0.349 e. The highest BCUT2D eigenvalue weighted by atomic mass is 35.5. The molecule has 1 aliphatic rings. The van der Waals surface area contributed by atoms with Crippen LogP contribution in [0.5, 0.6) is 0 Å². The SMILES string of the molecule is CC(=O)NC(CC(=O)N1CCCC1c1nc2ccccc2s1)c1ccc(Cl)cc1. The van der Waals surface area contributed by atoms with E-state index in [9.17, 15) is 9.59 Å². The van der Waals surface area contributed by atoms with Crippen molar-refractivity contribution in [2.24, 2.45) is 0 Å². The number of nitrogens with one attached hydrogen (secondary N) is 1. The molecule has 29 heavy (non-hydrogen) atoms. The van der Waals surface area contributed by atoms with Crippen LogP contribution in [0.15, 0.2) is 48.5 Å². The third-order valence-electron chi connectivity index (χ3n) is 5.20. The van der Waals surface area contributed by atoms with Crippen LogP contribution in [0.25, 0.3) is 10.2 Å². The van der Waals surface area contributed by atoms with Gasteiger partial charge in [-0.15, -0.1) is 11.3 Å². The predicted molar refractivity (Wildman–Crippen MR) is 116 cm³/mol. The number of halogens is 1. The third kappa shape index (κ3) is 4.43. The zero-order chi connectivity index (χ0) is 20.4. The second kappa shape index (κ2) is 8.51. The highest BCUT2D eigenvalue weighted by Crippen LogP contribution is 2.37. The summed E-state index contributed by atoms with van der Waals surface area (Å²) in [4.78, 5) is 31.6. The lowest BCUT2D eigenvalue weighted by molar-refractivity contribution is -0.133. The molecule has 4 rings (SSSR count). The quantitative estimate of drug-likeness (QED) is 0.631. The van der Waals surface area contributed by atoms with E-state index < -0.39 is 0 Å². The lowest BCUT2D eigenvalue weighted by atomic mass is 10.0. The molecule has 0 aliphatic carbocycles. The summed E-state index contributed by atoms with van der Waals surface area (Å²) in [6.45, 7) is 2.18. The predicted octanol–water partition coefficient (Wildman–Crippen LogP) is 4.88. The molecule has 1 N–H and O–H groups in total. The summed E-state index contributed by atoms with van der Waals surface area (Å²) in [5, 5.41) is 4.51. The topological polar surface area (TPSA) is 62.3 Å². The monoisotopic (exact) mass is 427 g/mol. The number of hydrogen-bond acceptors (Lipinski definition) is 4. The molecule has 2 aromatic carbocycles. The third-order valence-corrected chi connectivity index (χ3v) is 6.59. The van der Waals surface area contributed by atoms with Gasteiger partial charge in [-0.1, -0.05) is 35.9 Å². The molecule has 150 valence electrons. The largest absolute Gasteiger partial charge is 0.349 e. The number of amides is 2. The van der Waals surface area contributed by atoms with Crippen LogP contribution in [0.1, 0.15) is 48.8 Å². The first kappa shape index (κ1) is 19.9. The van der Waals surface area contributed by atoms with Crippen LogP contribution in [-0.2, 0) is 9.59 Å². The molecule has 3 aromatic rings. The molecule has 0 bridgehead atoms. The van der Waals surface area contributed by atoms with Gasteiger partial charge in [0.05, 0.1) is 28.7 Å². The number of rotatable bonds is 5. The number of nitrogens with zero attached hydrogens (tertiary/aromatic N) is 2. The second-order valence-corrected chi connectivity index (χ2v) is 8.77. The van der Waals surface area contributed by atoms with Gasteiger partial charge in [0, 0.05) is 18.5 Å². The molecular weight excluding hydrogens is 406 g/mol. The first-order chi connectivity index (χ1) is 14.0. The van der Waals surface area contributed by atoms with E-state index in [4.69, 9.17) is 16.6 Å². The molecule has 7 heteroatoms. The van der Waals surface area contributed by atoms with Crippen molar-refractivity contribution in [1.82, 2.24) is 15.2 Å². The van der Waals surface area contributed by atoms with Crippen molar-refractivity contribution in [2.45, 2.75) is 38.3 Å². The molecule has 2 unspecified atom stereocenters. The highest BCUT2D eigenvalue weighted by molar-refractivity contribution is 7.18. The summed E-state index contributed by atoms with van der Waals surface area (Å²) in [6.07, 6.45) is 2.08. The Kier molecular flexibility index (Phi) is 5.83. The maximum absolute atomic E-state index is 13.2. The average Bonchev–Trinajstić information content (AvgIpc) is 3.34. The number of carbonyl (C=O) groups excluding carboxylic acids is 2. The molecule has 5 nitrogen and oxygen atoms in total. The molecule has 2 atom stereocenters. The Labute approximate surface area is 178 Å². The molecule has 2 amide bonds. The van der Waals surface area contributed by atoms with Gasteiger partial charge < -0.3 is 10.2 Å². The van der Waals surface area contributed by atoms with Gasteiger partial charge in [0.15, 0.2) is 0 Å². The van der Waals surface area contributed by atoms with Crippen molar-refractivity contribution in [1.29, 1.82) is 0 Å². The Morgan fingerprint density at radius 1 is 1.24 bits per heavy atom. The molecule has 0 spiro atoms. The van der Waals surface area contributed by atoms with E-state index in [0.717, 1.165) is 33.6 Å². The number of aromatic nitrogens is 1. The van der Waals surface area contributed by atoms with Crippen LogP contribution in [0.2, 0.25) is 5.02 Å². The van der Waals surface area contributed by atoms with Gasteiger partial charge in [-0.25, -0.2) is 4.98 Å². The van der Waals surface area contributed by atoms with Gasteiger partial charge in [0.2, 0.25) is 11.8 Å². The smallest absolute Gasteiger partial charge is 0.225 e. The van der Waals surface area contributed by atoms with Gasteiger partial charge in [-0.3, -0.25) is 9.59 Å². The Morgan fingerprint density at radius 2 is 2.00 bits per heavy atom. The molecule has 0 radical (unpaired) electrons. The van der Waals surface area contributed by atoms with Gasteiger partial charge >= 0.3 is 0 Å². The highest BCUT2D eigenvalue weighted by Gasteiger charge is 2.33. The summed E-state index contributed by atoms with van der Waals surface area (Å²) in [7, 11) is 0. The number of carbonyl (C=O) groups is 2. The Bertz CT molecular complexity index is 1000. The van der Waals surface area contributed by atoms with Crippen molar-refractivity contribution in [3.8, 4) is 0 Å². The summed E-state index contributed by atoms with van der Waals surface area (Å²) in [6, 6.07) is 14.9. The fraction of sp³-hybridized carbons (Fsp3) is 0.318. The zero-order valence-corrected chi connectivity index (χ0v) is 17.7. The number of fused-ring (bicyclic) bond motifs is 1. The van der Waals surface area contributed by atoms with E-state index in [1.165, 1.54) is 6.92 Å². The standard InChI is InChI=1S/C22H22ClN3O2S/c1-14(27)24-18(15-8-10-16(23)11-9-15)13-21(28)26-12-4-6-19(26)22-25-17-5-2-3-7-20(17)29-22/h2-3,5,7-11,18-19H,4,6,12-13H2,1H3,(H,24,27). The molecule has 1 fully saturated rings. The fourth-order valence-corrected chi connectivity index (χ4v) is 5.08. The van der Waals surface area contributed by atoms with E-state index in [0.29, 0.717) is 11.6 Å². The number of thiazole rings is 1. The first-order valence-electron chi connectivity index (χ1n) is 9.69. The summed E-state index contributed by atoms with van der Waals surface area (Å²) in [5.41, 5.74) is 1.85. The van der Waals surface area contributed by atoms with E-state index in [-0.39, 0.29) is 30.3 Å². The van der Waals surface area contributed by atoms with Crippen LogP contribution in [0.4, 0.5) is 0 Å². The first-order valence-corrected chi connectivity index (χ1v) is 10.9. The minimum atomic E-state index is -0.381. The number of para-hydroxylation sites is 1. The zero-order valence-electron chi connectivity index (χ0n) is 16.1. The number of likely N-dealkylation sites (tertiary alicyclic amines) is 1. The summed E-state index contributed by atoms with van der Waals surface area (Å²) < 4.78 is 1.14. The molecule has 2 heterocycles. The van der Waals surface area contributed by atoms with Crippen molar-refractivity contribution in [3.05, 3.63) is 64.1 Å². The normalized spacial score (nSPS) is 17.4. The molecule has 1 saturated heterocycles. The van der Waals surface area contributed by atoms with Gasteiger partial charge in [0.25, 0.3) is 0 Å². The minimum absolute atomic E-state index is 0.00287. The van der Waals surface area contributed by atoms with E-state index in [1.54, 1.807) is 23.5 Å². The Balaban J connectivity index is 1.54. The molecule has 1 aromatic heterocycles. The molecule has 0 saturated carbocycles. The van der Waals surface area contributed by atoms with Crippen LogP contribution in [0.3, 0.4) is 0 Å². The number of hydrogen-bond donors (Lipinski definition) is 1. The van der Waals surface area contributed by atoms with Crippen LogP contribution in [-0.4, -0.2) is 28.2 Å². The van der Waals surface area contributed by atoms with Crippen LogP contribution in [0, 0.1) is 0 Å². The van der Waals surface area contributed by atoms with Crippen LogP contribution < -0.4 is 5.32 Å². The summed E-state index contributed by atoms with van der Waals surface area (Å²) in [5.74, 6) is -0.137.